The number of Topliss-reactive ketones (excluding diaryl/α,β-unsaturated/α-hetero) is 1. The van der Waals surface area contributed by atoms with Crippen molar-refractivity contribution >= 4 is 23.7 Å². The number of ether oxygens (including phenoxy) is 2. The van der Waals surface area contributed by atoms with Gasteiger partial charge in [-0.05, 0) is 97.7 Å². The molecule has 2 aromatic rings. The van der Waals surface area contributed by atoms with Crippen LogP contribution >= 0.6 is 0 Å². The van der Waals surface area contributed by atoms with Crippen LogP contribution in [-0.2, 0) is 38.2 Å². The third-order valence-electron chi connectivity index (χ3n) is 10.6. The van der Waals surface area contributed by atoms with Crippen molar-refractivity contribution in [3.8, 4) is 0 Å². The Morgan fingerprint density at radius 3 is 2.70 bits per heavy atom. The molecule has 0 aromatic heterocycles. The molecule has 3 heterocycles. The number of rotatable bonds is 7. The number of fused-ring (bicyclic) bond motifs is 2. The molecule has 3 aliphatic heterocycles. The second kappa shape index (κ2) is 13.0. The van der Waals surface area contributed by atoms with Gasteiger partial charge in [0.2, 0.25) is 11.8 Å². The quantitative estimate of drug-likeness (QED) is 0.283. The van der Waals surface area contributed by atoms with Gasteiger partial charge in [0.15, 0.2) is 5.78 Å². The number of likely N-dealkylation sites (tertiary alicyclic amines) is 1. The molecule has 7 nitrogen and oxygen atoms in total. The molecule has 2 saturated heterocycles. The number of hydrogen-bond acceptors (Lipinski definition) is 5. The topological polar surface area (TPSA) is 76.1 Å². The summed E-state index contributed by atoms with van der Waals surface area (Å²) in [7, 11) is 1.70. The minimum Gasteiger partial charge on any atom is -0.379 e. The van der Waals surface area contributed by atoms with Gasteiger partial charge in [0.05, 0.1) is 23.7 Å². The molecule has 0 radical (unpaired) electrons. The monoisotopic (exact) mass is 638 g/mol. The van der Waals surface area contributed by atoms with E-state index in [9.17, 15) is 27.6 Å². The fourth-order valence-corrected chi connectivity index (χ4v) is 8.25. The molecule has 1 aliphatic carbocycles. The molecule has 10 heteroatoms. The predicted molar refractivity (Wildman–Crippen MR) is 166 cm³/mol. The minimum atomic E-state index is -4.46. The highest BCUT2D eigenvalue weighted by Crippen LogP contribution is 2.54. The van der Waals surface area contributed by atoms with Gasteiger partial charge >= 0.3 is 6.18 Å². The summed E-state index contributed by atoms with van der Waals surface area (Å²) in [5.41, 5.74) is 1.16. The van der Waals surface area contributed by atoms with Crippen LogP contribution in [0.1, 0.15) is 65.2 Å². The zero-order valence-electron chi connectivity index (χ0n) is 26.4. The number of halogens is 3. The van der Waals surface area contributed by atoms with E-state index in [-0.39, 0.29) is 48.6 Å². The average molecular weight is 639 g/mol. The van der Waals surface area contributed by atoms with E-state index in [1.165, 1.54) is 25.1 Å². The number of carbonyl (C=O) groups excluding carboxylic acids is 3. The molecule has 2 unspecified atom stereocenters. The molecule has 2 aromatic carbocycles. The largest absolute Gasteiger partial charge is 0.416 e. The Morgan fingerprint density at radius 1 is 1.11 bits per heavy atom. The Hall–Kier alpha value is -3.50. The summed E-state index contributed by atoms with van der Waals surface area (Å²) < 4.78 is 51.9. The fraction of sp³-hybridized carbons (Fsp3) is 0.528. The van der Waals surface area contributed by atoms with Gasteiger partial charge < -0.3 is 19.3 Å². The first-order valence-electron chi connectivity index (χ1n) is 16.1. The van der Waals surface area contributed by atoms with Crippen molar-refractivity contribution in [1.29, 1.82) is 0 Å². The molecule has 6 rings (SSSR count). The first-order valence-corrected chi connectivity index (χ1v) is 16.1. The van der Waals surface area contributed by atoms with E-state index >= 15 is 0 Å². The Morgan fingerprint density at radius 2 is 1.93 bits per heavy atom. The first kappa shape index (κ1) is 32.4. The van der Waals surface area contributed by atoms with Gasteiger partial charge in [-0.15, -0.1) is 0 Å². The van der Waals surface area contributed by atoms with Crippen LogP contribution in [0.4, 0.5) is 13.2 Å². The minimum absolute atomic E-state index is 0.00647. The highest BCUT2D eigenvalue weighted by molar-refractivity contribution is 5.96. The van der Waals surface area contributed by atoms with E-state index in [0.717, 1.165) is 36.5 Å². The van der Waals surface area contributed by atoms with E-state index in [1.54, 1.807) is 41.2 Å². The summed E-state index contributed by atoms with van der Waals surface area (Å²) in [5.74, 6) is 0.221. The Labute approximate surface area is 267 Å². The van der Waals surface area contributed by atoms with Crippen LogP contribution in [0.5, 0.6) is 0 Å². The van der Waals surface area contributed by atoms with E-state index in [0.29, 0.717) is 56.2 Å². The summed E-state index contributed by atoms with van der Waals surface area (Å²) in [5, 5.41) is 0. The first-order chi connectivity index (χ1) is 22.0. The van der Waals surface area contributed by atoms with Crippen LogP contribution < -0.4 is 0 Å². The van der Waals surface area contributed by atoms with Crippen molar-refractivity contribution in [2.45, 2.75) is 57.9 Å². The molecule has 246 valence electrons. The van der Waals surface area contributed by atoms with Crippen molar-refractivity contribution in [2.24, 2.45) is 23.2 Å². The summed E-state index contributed by atoms with van der Waals surface area (Å²) in [4.78, 5) is 43.3. The molecule has 0 spiro atoms. The highest BCUT2D eigenvalue weighted by Gasteiger charge is 2.59. The highest BCUT2D eigenvalue weighted by atomic mass is 19.4. The average Bonchev–Trinajstić information content (AvgIpc) is 3.57. The Balaban J connectivity index is 1.23. The number of nitrogens with zero attached hydrogens (tertiary/aromatic N) is 2. The number of carbonyl (C=O) groups is 3. The summed E-state index contributed by atoms with van der Waals surface area (Å²) in [6, 6.07) is 10.9. The van der Waals surface area contributed by atoms with Crippen LogP contribution in [0.15, 0.2) is 48.5 Å². The number of ketones is 1. The normalized spacial score (nSPS) is 27.9. The summed E-state index contributed by atoms with van der Waals surface area (Å²) >= 11 is 0. The number of hydrogen-bond donors (Lipinski definition) is 0. The molecule has 1 saturated carbocycles. The summed E-state index contributed by atoms with van der Waals surface area (Å²) in [6.45, 7) is 4.01. The Bertz CT molecular complexity index is 1520. The fourth-order valence-electron chi connectivity index (χ4n) is 8.25. The maximum Gasteiger partial charge on any atom is 0.416 e. The van der Waals surface area contributed by atoms with Gasteiger partial charge in [-0.3, -0.25) is 14.4 Å². The molecule has 0 bridgehead atoms. The maximum atomic E-state index is 14.6. The molecule has 0 N–H and O–H groups in total. The van der Waals surface area contributed by atoms with Crippen LogP contribution in [0.25, 0.3) is 6.08 Å². The number of methoxy groups -OCH3 is 1. The van der Waals surface area contributed by atoms with Crippen LogP contribution in [0, 0.1) is 23.2 Å². The SMILES string of the molecule is COC1COCCC1C[C@@H]1C[C@H]2CN(C(=O)/C=C/c3cccc(C(C)=O)c3)C[C@@]2(C(=O)N2CCc3ccc(C(F)(F)F)cc3C2)C1. The molecule has 2 amide bonds. The molecule has 46 heavy (non-hydrogen) atoms. The molecule has 3 fully saturated rings. The number of benzene rings is 2. The second-order valence-corrected chi connectivity index (χ2v) is 13.5. The lowest BCUT2D eigenvalue weighted by molar-refractivity contribution is -0.144. The third kappa shape index (κ3) is 6.51. The standard InChI is InChI=1S/C36H41F3N2O5/c1-23(42)27-5-3-4-24(14-27)6-9-33(43)41-20-31-16-25(15-28-11-13-46-21-32(28)45-2)18-35(31,22-41)34(44)40-12-10-26-7-8-30(36(37,38)39)17-29(26)19-40/h3-9,14,17,25,28,31-32H,10-13,15-16,18-22H2,1-2H3/b9-6+/t25-,28?,31+,32?,35+/m1/s1. The number of amides is 2. The zero-order valence-corrected chi connectivity index (χ0v) is 26.4. The second-order valence-electron chi connectivity index (χ2n) is 13.5. The van der Waals surface area contributed by atoms with E-state index in [1.807, 2.05) is 6.07 Å². The Kier molecular flexibility index (Phi) is 9.13. The molecule has 4 aliphatic rings. The van der Waals surface area contributed by atoms with Gasteiger partial charge in [-0.25, -0.2) is 0 Å². The maximum absolute atomic E-state index is 14.6. The smallest absolute Gasteiger partial charge is 0.379 e. The van der Waals surface area contributed by atoms with Crippen molar-refractivity contribution < 1.29 is 37.0 Å². The van der Waals surface area contributed by atoms with E-state index in [4.69, 9.17) is 9.47 Å². The van der Waals surface area contributed by atoms with Crippen LogP contribution in [0.3, 0.4) is 0 Å². The van der Waals surface area contributed by atoms with Gasteiger partial charge in [0.1, 0.15) is 0 Å². The van der Waals surface area contributed by atoms with Gasteiger partial charge in [-0.2, -0.15) is 13.2 Å². The van der Waals surface area contributed by atoms with Gasteiger partial charge in [-0.1, -0.05) is 24.3 Å². The van der Waals surface area contributed by atoms with Crippen molar-refractivity contribution in [3.63, 3.8) is 0 Å². The zero-order chi connectivity index (χ0) is 32.6. The lowest BCUT2D eigenvalue weighted by atomic mass is 9.77. The van der Waals surface area contributed by atoms with Crippen molar-refractivity contribution in [2.75, 3.05) is 40.0 Å². The molecular formula is C36H41F3N2O5. The van der Waals surface area contributed by atoms with E-state index in [2.05, 4.69) is 0 Å². The lowest BCUT2D eigenvalue weighted by Gasteiger charge is -2.38. The van der Waals surface area contributed by atoms with Crippen molar-refractivity contribution in [1.82, 2.24) is 9.80 Å². The lowest BCUT2D eigenvalue weighted by Crippen LogP contribution is -2.49. The molecular weight excluding hydrogens is 597 g/mol. The van der Waals surface area contributed by atoms with Crippen molar-refractivity contribution in [3.05, 3.63) is 76.4 Å². The third-order valence-corrected chi connectivity index (χ3v) is 10.6. The number of alkyl halides is 3. The van der Waals surface area contributed by atoms with Gasteiger partial charge in [0.25, 0.3) is 0 Å². The molecule has 5 atom stereocenters. The predicted octanol–water partition coefficient (Wildman–Crippen LogP) is 5.80. The van der Waals surface area contributed by atoms with E-state index < -0.39 is 17.2 Å². The van der Waals surface area contributed by atoms with Crippen LogP contribution in [-0.4, -0.2) is 73.5 Å². The summed E-state index contributed by atoms with van der Waals surface area (Å²) in [6.07, 6.45) is 2.46. The van der Waals surface area contributed by atoms with Gasteiger partial charge in [0, 0.05) is 51.5 Å². The van der Waals surface area contributed by atoms with Crippen LogP contribution in [0.2, 0.25) is 0 Å².